The van der Waals surface area contributed by atoms with Crippen molar-refractivity contribution >= 4 is 24.0 Å². The molecular formula is C40H55N5O7. The third-order valence-electron chi connectivity index (χ3n) is 8.80. The van der Waals surface area contributed by atoms with Crippen LogP contribution in [0.3, 0.4) is 0 Å². The first kappa shape index (κ1) is 41.5. The molecule has 5 atom stereocenters. The second kappa shape index (κ2) is 18.5. The molecule has 12 nitrogen and oxygen atoms in total. The molecule has 0 aliphatic carbocycles. The average molecular weight is 718 g/mol. The fraction of sp³-hybridized carbons (Fsp3) is 0.475. The summed E-state index contributed by atoms with van der Waals surface area (Å²) >= 11 is 0. The molecule has 0 bridgehead atoms. The van der Waals surface area contributed by atoms with Gasteiger partial charge in [-0.25, -0.2) is 9.59 Å². The Bertz CT molecular complexity index is 1620. The molecule has 0 fully saturated rings. The van der Waals surface area contributed by atoms with Gasteiger partial charge in [-0.05, 0) is 59.8 Å². The van der Waals surface area contributed by atoms with E-state index in [0.717, 1.165) is 27.9 Å². The summed E-state index contributed by atoms with van der Waals surface area (Å²) in [5.74, 6) is -0.939. The van der Waals surface area contributed by atoms with Gasteiger partial charge in [0.2, 0.25) is 11.8 Å². The number of rotatable bonds is 14. The smallest absolute Gasteiger partial charge is 0.407 e. The van der Waals surface area contributed by atoms with E-state index in [1.54, 1.807) is 0 Å². The van der Waals surface area contributed by atoms with Crippen molar-refractivity contribution in [2.45, 2.75) is 98.0 Å². The van der Waals surface area contributed by atoms with Gasteiger partial charge in [0, 0.05) is 23.5 Å². The Morgan fingerprint density at radius 3 is 1.65 bits per heavy atom. The van der Waals surface area contributed by atoms with Crippen molar-refractivity contribution < 1.29 is 33.8 Å². The second-order valence-electron chi connectivity index (χ2n) is 15.3. The lowest BCUT2D eigenvalue weighted by atomic mass is 9.85. The third kappa shape index (κ3) is 12.7. The number of carbonyl (C=O) groups excluding carboxylic acids is 4. The fourth-order valence-electron chi connectivity index (χ4n) is 5.81. The molecule has 282 valence electrons. The number of aliphatic hydroxyl groups is 1. The van der Waals surface area contributed by atoms with E-state index >= 15 is 0 Å². The monoisotopic (exact) mass is 717 g/mol. The second-order valence-corrected chi connectivity index (χ2v) is 15.3. The zero-order chi connectivity index (χ0) is 38.6. The molecule has 0 unspecified atom stereocenters. The summed E-state index contributed by atoms with van der Waals surface area (Å²) in [6.45, 7) is 12.9. The Balaban J connectivity index is 1.96. The number of nitrogens with one attached hydrogen (secondary N) is 4. The number of ether oxygens (including phenoxy) is 2. The van der Waals surface area contributed by atoms with E-state index in [-0.39, 0.29) is 12.8 Å². The number of nitrogens with zero attached hydrogens (tertiary/aromatic N) is 1. The van der Waals surface area contributed by atoms with Crippen LogP contribution in [0.5, 0.6) is 0 Å². The van der Waals surface area contributed by atoms with Crippen molar-refractivity contribution in [2.75, 3.05) is 14.2 Å². The highest BCUT2D eigenvalue weighted by Crippen LogP contribution is 2.24. The quantitative estimate of drug-likeness (QED) is 0.154. The number of methoxy groups -OCH3 is 2. The lowest BCUT2D eigenvalue weighted by molar-refractivity contribution is -0.128. The molecule has 5 N–H and O–H groups in total. The third-order valence-corrected chi connectivity index (χ3v) is 8.80. The van der Waals surface area contributed by atoms with Gasteiger partial charge in [-0.1, -0.05) is 102 Å². The Kier molecular flexibility index (Phi) is 14.7. The molecule has 3 rings (SSSR count). The van der Waals surface area contributed by atoms with Gasteiger partial charge in [-0.3, -0.25) is 14.6 Å². The van der Waals surface area contributed by atoms with Crippen LogP contribution in [-0.4, -0.2) is 78.6 Å². The van der Waals surface area contributed by atoms with Crippen LogP contribution in [0.4, 0.5) is 9.59 Å². The highest BCUT2D eigenvalue weighted by atomic mass is 16.5. The van der Waals surface area contributed by atoms with Crippen LogP contribution >= 0.6 is 0 Å². The number of carbonyl (C=O) groups is 4. The van der Waals surface area contributed by atoms with Crippen LogP contribution in [0, 0.1) is 17.8 Å². The van der Waals surface area contributed by atoms with Crippen molar-refractivity contribution in [2.24, 2.45) is 10.8 Å². The van der Waals surface area contributed by atoms with Gasteiger partial charge >= 0.3 is 12.2 Å². The van der Waals surface area contributed by atoms with Crippen molar-refractivity contribution in [3.63, 3.8) is 0 Å². The first-order valence-electron chi connectivity index (χ1n) is 17.4. The van der Waals surface area contributed by atoms with E-state index in [9.17, 15) is 24.3 Å². The predicted octanol–water partition coefficient (Wildman–Crippen LogP) is 5.10. The van der Waals surface area contributed by atoms with Gasteiger partial charge in [0.1, 0.15) is 12.1 Å². The SMILES string of the molecule is COC(=O)N[C@H](C(=O)N[C@@H](Cc1ccccc1)C[C@H](O)[C@H](Cc1ccc(-c2ccc(C)nc2)cc1)NC(=O)[C@@H](NC(=O)OC)C(C)(C)C)C(C)(C)C. The van der Waals surface area contributed by atoms with E-state index in [4.69, 9.17) is 9.47 Å². The van der Waals surface area contributed by atoms with Gasteiger partial charge in [0.05, 0.1) is 26.4 Å². The van der Waals surface area contributed by atoms with Gasteiger partial charge in [-0.15, -0.1) is 0 Å². The number of aromatic nitrogens is 1. The van der Waals surface area contributed by atoms with Gasteiger partial charge < -0.3 is 35.8 Å². The van der Waals surface area contributed by atoms with E-state index < -0.39 is 65.1 Å². The van der Waals surface area contributed by atoms with Crippen LogP contribution in [0.25, 0.3) is 11.1 Å². The van der Waals surface area contributed by atoms with E-state index in [1.165, 1.54) is 14.2 Å². The van der Waals surface area contributed by atoms with Crippen LogP contribution in [0.1, 0.15) is 64.8 Å². The normalized spacial score (nSPS) is 14.5. The Morgan fingerprint density at radius 2 is 1.17 bits per heavy atom. The molecule has 4 amide bonds. The predicted molar refractivity (Wildman–Crippen MR) is 200 cm³/mol. The van der Waals surface area contributed by atoms with Gasteiger partial charge in [-0.2, -0.15) is 0 Å². The minimum absolute atomic E-state index is 0.0540. The summed E-state index contributed by atoms with van der Waals surface area (Å²) in [5.41, 5.74) is 3.24. The molecule has 0 saturated carbocycles. The van der Waals surface area contributed by atoms with Crippen LogP contribution in [-0.2, 0) is 31.9 Å². The van der Waals surface area contributed by atoms with E-state index in [2.05, 4.69) is 26.3 Å². The molecule has 0 radical (unpaired) electrons. The lowest BCUT2D eigenvalue weighted by Crippen LogP contribution is -2.59. The van der Waals surface area contributed by atoms with Crippen LogP contribution < -0.4 is 21.3 Å². The Labute approximate surface area is 307 Å². The number of hydrogen-bond acceptors (Lipinski definition) is 8. The van der Waals surface area contributed by atoms with E-state index in [1.807, 2.05) is 121 Å². The van der Waals surface area contributed by atoms with Crippen molar-refractivity contribution in [1.82, 2.24) is 26.3 Å². The number of pyridine rings is 1. The van der Waals surface area contributed by atoms with E-state index in [0.29, 0.717) is 6.42 Å². The number of benzene rings is 2. The largest absolute Gasteiger partial charge is 0.453 e. The number of aryl methyl sites for hydroxylation is 1. The maximum atomic E-state index is 13.9. The van der Waals surface area contributed by atoms with Gasteiger partial charge in [0.25, 0.3) is 0 Å². The molecule has 0 aliphatic rings. The molecule has 0 aliphatic heterocycles. The molecule has 1 heterocycles. The molecular weight excluding hydrogens is 662 g/mol. The number of alkyl carbamates (subject to hydrolysis) is 2. The molecule has 0 saturated heterocycles. The first-order chi connectivity index (χ1) is 24.4. The molecule has 0 spiro atoms. The zero-order valence-electron chi connectivity index (χ0n) is 31.8. The minimum atomic E-state index is -1.15. The number of aliphatic hydroxyl groups excluding tert-OH is 1. The van der Waals surface area contributed by atoms with Crippen LogP contribution in [0.2, 0.25) is 0 Å². The summed E-state index contributed by atoms with van der Waals surface area (Å²) in [6.07, 6.45) is -0.173. The molecule has 52 heavy (non-hydrogen) atoms. The topological polar surface area (TPSA) is 168 Å². The van der Waals surface area contributed by atoms with Gasteiger partial charge in [0.15, 0.2) is 0 Å². The summed E-state index contributed by atoms with van der Waals surface area (Å²) in [4.78, 5) is 56.5. The zero-order valence-corrected chi connectivity index (χ0v) is 31.8. The standard InChI is InChI=1S/C40H55N5O7/c1-25-15-18-29(24-41-25)28-19-16-27(17-20-28)22-31(43-36(48)34(40(5,6)7)45-38(50)52-9)32(46)23-30(21-26-13-11-10-12-14-26)42-35(47)33(39(2,3)4)44-37(49)51-8/h10-20,24,30-34,46H,21-23H2,1-9H3,(H,42,47)(H,43,48)(H,44,49)(H,45,50)/t30-,31-,32-,33+,34+/m0/s1. The maximum Gasteiger partial charge on any atom is 0.407 e. The fourth-order valence-corrected chi connectivity index (χ4v) is 5.81. The summed E-state index contributed by atoms with van der Waals surface area (Å²) in [5, 5.41) is 23.3. The highest BCUT2D eigenvalue weighted by molar-refractivity contribution is 5.87. The van der Waals surface area contributed by atoms with Crippen LogP contribution in [0.15, 0.2) is 72.9 Å². The molecule has 2 aromatic carbocycles. The minimum Gasteiger partial charge on any atom is -0.453 e. The lowest BCUT2D eigenvalue weighted by Gasteiger charge is -2.34. The summed E-state index contributed by atoms with van der Waals surface area (Å²) in [6, 6.07) is 17.9. The Morgan fingerprint density at radius 1 is 0.673 bits per heavy atom. The summed E-state index contributed by atoms with van der Waals surface area (Å²) < 4.78 is 9.57. The van der Waals surface area contributed by atoms with Crippen molar-refractivity contribution in [1.29, 1.82) is 0 Å². The molecule has 1 aromatic heterocycles. The Hall–Kier alpha value is -4.97. The molecule has 3 aromatic rings. The first-order valence-corrected chi connectivity index (χ1v) is 17.4. The summed E-state index contributed by atoms with van der Waals surface area (Å²) in [7, 11) is 2.45. The number of hydrogen-bond donors (Lipinski definition) is 5. The maximum absolute atomic E-state index is 13.9. The average Bonchev–Trinajstić information content (AvgIpc) is 3.08. The molecule has 12 heteroatoms. The highest BCUT2D eigenvalue weighted by Gasteiger charge is 2.37. The number of amides is 4. The van der Waals surface area contributed by atoms with Crippen molar-refractivity contribution in [3.8, 4) is 11.1 Å². The van der Waals surface area contributed by atoms with Crippen molar-refractivity contribution in [3.05, 3.63) is 89.7 Å².